The summed E-state index contributed by atoms with van der Waals surface area (Å²) < 4.78 is 1.84. The minimum Gasteiger partial charge on any atom is -0.394 e. The van der Waals surface area contributed by atoms with E-state index < -0.39 is 0 Å². The Labute approximate surface area is 104 Å². The third kappa shape index (κ3) is 3.63. The first-order valence-corrected chi connectivity index (χ1v) is 6.33. The van der Waals surface area contributed by atoms with Crippen molar-refractivity contribution in [3.63, 3.8) is 0 Å². The minimum absolute atomic E-state index is 0.800. The van der Waals surface area contributed by atoms with E-state index in [4.69, 9.17) is 5.73 Å². The summed E-state index contributed by atoms with van der Waals surface area (Å²) in [6.07, 6.45) is 2.01. The molecule has 1 rings (SSSR count). The van der Waals surface area contributed by atoms with Crippen molar-refractivity contribution in [2.24, 2.45) is 7.05 Å². The molecule has 0 unspecified atom stereocenters. The lowest BCUT2D eigenvalue weighted by atomic mass is 10.2. The maximum absolute atomic E-state index is 6.08. The van der Waals surface area contributed by atoms with E-state index in [9.17, 15) is 0 Å². The van der Waals surface area contributed by atoms with Crippen molar-refractivity contribution >= 4 is 11.5 Å². The first-order valence-electron chi connectivity index (χ1n) is 6.33. The van der Waals surface area contributed by atoms with Crippen LogP contribution in [-0.2, 0) is 13.5 Å². The smallest absolute Gasteiger partial charge is 0.147 e. The Morgan fingerprint density at radius 3 is 2.71 bits per heavy atom. The van der Waals surface area contributed by atoms with Gasteiger partial charge in [-0.25, -0.2) is 0 Å². The summed E-state index contributed by atoms with van der Waals surface area (Å²) in [6, 6.07) is 0. The molecule has 5 heteroatoms. The molecule has 0 aromatic carbocycles. The largest absolute Gasteiger partial charge is 0.394 e. The highest BCUT2D eigenvalue weighted by atomic mass is 15.3. The van der Waals surface area contributed by atoms with E-state index in [0.29, 0.717) is 0 Å². The Hall–Kier alpha value is -1.23. The average Bonchev–Trinajstić information content (AvgIpc) is 2.57. The first kappa shape index (κ1) is 13.8. The second-order valence-electron chi connectivity index (χ2n) is 4.41. The van der Waals surface area contributed by atoms with E-state index >= 15 is 0 Å². The molecule has 0 saturated carbocycles. The van der Waals surface area contributed by atoms with E-state index in [1.54, 1.807) is 0 Å². The number of hydrogen-bond acceptors (Lipinski definition) is 4. The van der Waals surface area contributed by atoms with Crippen LogP contribution in [-0.4, -0.2) is 41.4 Å². The van der Waals surface area contributed by atoms with Crippen LogP contribution in [0.25, 0.3) is 0 Å². The normalized spacial score (nSPS) is 11.1. The highest BCUT2D eigenvalue weighted by Crippen LogP contribution is 2.22. The fourth-order valence-corrected chi connectivity index (χ4v) is 1.75. The fraction of sp³-hybridized carbons (Fsp3) is 0.750. The number of nitrogens with two attached hydrogens (primary N) is 1. The minimum atomic E-state index is 0.800. The van der Waals surface area contributed by atoms with E-state index in [0.717, 1.165) is 49.7 Å². The lowest BCUT2D eigenvalue weighted by Gasteiger charge is -2.14. The van der Waals surface area contributed by atoms with Crippen molar-refractivity contribution in [1.29, 1.82) is 0 Å². The van der Waals surface area contributed by atoms with Gasteiger partial charge >= 0.3 is 0 Å². The lowest BCUT2D eigenvalue weighted by Crippen LogP contribution is -2.25. The fourth-order valence-electron chi connectivity index (χ4n) is 1.75. The highest BCUT2D eigenvalue weighted by molar-refractivity contribution is 5.65. The Bertz CT molecular complexity index is 345. The van der Waals surface area contributed by atoms with Crippen LogP contribution in [0.5, 0.6) is 0 Å². The maximum atomic E-state index is 6.08. The molecule has 1 aromatic heterocycles. The van der Waals surface area contributed by atoms with Crippen molar-refractivity contribution in [3.05, 3.63) is 5.69 Å². The summed E-state index contributed by atoms with van der Waals surface area (Å²) in [4.78, 5) is 2.26. The second-order valence-corrected chi connectivity index (χ2v) is 4.41. The van der Waals surface area contributed by atoms with Gasteiger partial charge in [0, 0.05) is 20.1 Å². The van der Waals surface area contributed by atoms with Crippen LogP contribution in [0.15, 0.2) is 0 Å². The molecule has 0 radical (unpaired) electrons. The number of nitrogen functional groups attached to an aromatic ring is 1. The van der Waals surface area contributed by atoms with Crippen molar-refractivity contribution in [1.82, 2.24) is 14.7 Å². The van der Waals surface area contributed by atoms with Gasteiger partial charge in [-0.2, -0.15) is 5.10 Å². The van der Waals surface area contributed by atoms with E-state index in [1.807, 2.05) is 11.7 Å². The van der Waals surface area contributed by atoms with Gasteiger partial charge in [-0.1, -0.05) is 20.3 Å². The van der Waals surface area contributed by atoms with Crippen LogP contribution >= 0.6 is 0 Å². The highest BCUT2D eigenvalue weighted by Gasteiger charge is 2.11. The van der Waals surface area contributed by atoms with Crippen molar-refractivity contribution in [2.75, 3.05) is 37.7 Å². The van der Waals surface area contributed by atoms with Crippen LogP contribution in [0, 0.1) is 0 Å². The molecule has 3 N–H and O–H groups in total. The molecule has 98 valence electrons. The lowest BCUT2D eigenvalue weighted by molar-refractivity contribution is 0.367. The van der Waals surface area contributed by atoms with Gasteiger partial charge in [0.25, 0.3) is 0 Å². The molecule has 0 aliphatic carbocycles. The van der Waals surface area contributed by atoms with Gasteiger partial charge in [0.2, 0.25) is 0 Å². The van der Waals surface area contributed by atoms with Crippen LogP contribution in [0.3, 0.4) is 0 Å². The zero-order valence-corrected chi connectivity index (χ0v) is 11.5. The molecule has 5 nitrogen and oxygen atoms in total. The molecule has 0 amide bonds. The van der Waals surface area contributed by atoms with E-state index in [-0.39, 0.29) is 0 Å². The molecule has 17 heavy (non-hydrogen) atoms. The third-order valence-electron chi connectivity index (χ3n) is 2.97. The molecule has 1 aromatic rings. The Balaban J connectivity index is 2.58. The summed E-state index contributed by atoms with van der Waals surface area (Å²) in [5.74, 6) is 0.943. The summed E-state index contributed by atoms with van der Waals surface area (Å²) >= 11 is 0. The molecule has 0 atom stereocenters. The zero-order chi connectivity index (χ0) is 12.8. The SMILES string of the molecule is CCCc1nn(C)c(NCCN(C)CC)c1N. The predicted molar refractivity (Wildman–Crippen MR) is 73.3 cm³/mol. The van der Waals surface area contributed by atoms with Gasteiger partial charge in [-0.3, -0.25) is 4.68 Å². The van der Waals surface area contributed by atoms with Gasteiger partial charge in [-0.15, -0.1) is 0 Å². The molecule has 0 fully saturated rings. The number of anilines is 2. The number of aromatic nitrogens is 2. The summed E-state index contributed by atoms with van der Waals surface area (Å²) in [5.41, 5.74) is 7.88. The maximum Gasteiger partial charge on any atom is 0.147 e. The Morgan fingerprint density at radius 1 is 1.41 bits per heavy atom. The van der Waals surface area contributed by atoms with Crippen LogP contribution < -0.4 is 11.1 Å². The number of hydrogen-bond donors (Lipinski definition) is 2. The Morgan fingerprint density at radius 2 is 2.12 bits per heavy atom. The van der Waals surface area contributed by atoms with Crippen molar-refractivity contribution < 1.29 is 0 Å². The van der Waals surface area contributed by atoms with E-state index in [1.165, 1.54) is 0 Å². The molecular weight excluding hydrogens is 214 g/mol. The van der Waals surface area contributed by atoms with Crippen molar-refractivity contribution in [3.8, 4) is 0 Å². The quantitative estimate of drug-likeness (QED) is 0.753. The van der Waals surface area contributed by atoms with Gasteiger partial charge in [0.15, 0.2) is 0 Å². The average molecular weight is 239 g/mol. The topological polar surface area (TPSA) is 59.1 Å². The van der Waals surface area contributed by atoms with Crippen molar-refractivity contribution in [2.45, 2.75) is 26.7 Å². The number of aryl methyl sites for hydroxylation is 2. The summed E-state index contributed by atoms with van der Waals surface area (Å²) in [5, 5.41) is 7.79. The molecule has 0 aliphatic heterocycles. The van der Waals surface area contributed by atoms with Gasteiger partial charge < -0.3 is 16.0 Å². The standard InChI is InChI=1S/C12H25N5/c1-5-7-10-11(13)12(17(4)15-10)14-8-9-16(3)6-2/h14H,5-9,13H2,1-4H3. The molecular formula is C12H25N5. The molecule has 0 spiro atoms. The molecule has 1 heterocycles. The zero-order valence-electron chi connectivity index (χ0n) is 11.5. The number of rotatable bonds is 7. The van der Waals surface area contributed by atoms with Gasteiger partial charge in [0.05, 0.1) is 11.4 Å². The Kier molecular flexibility index (Phi) is 5.28. The third-order valence-corrected chi connectivity index (χ3v) is 2.97. The van der Waals surface area contributed by atoms with Gasteiger partial charge in [-0.05, 0) is 20.0 Å². The molecule has 0 saturated heterocycles. The molecule has 0 aliphatic rings. The predicted octanol–water partition coefficient (Wildman–Crippen LogP) is 1.32. The van der Waals surface area contributed by atoms with Crippen LogP contribution in [0.1, 0.15) is 26.0 Å². The van der Waals surface area contributed by atoms with E-state index in [2.05, 4.69) is 36.2 Å². The first-order chi connectivity index (χ1) is 8.10. The summed E-state index contributed by atoms with van der Waals surface area (Å²) in [6.45, 7) is 7.24. The number of nitrogens with zero attached hydrogens (tertiary/aromatic N) is 3. The number of likely N-dealkylation sites (N-methyl/N-ethyl adjacent to an activating group) is 1. The van der Waals surface area contributed by atoms with Gasteiger partial charge in [0.1, 0.15) is 5.82 Å². The monoisotopic (exact) mass is 239 g/mol. The number of nitrogens with one attached hydrogen (secondary N) is 1. The van der Waals surface area contributed by atoms with Crippen LogP contribution in [0.4, 0.5) is 11.5 Å². The van der Waals surface area contributed by atoms with Crippen LogP contribution in [0.2, 0.25) is 0 Å². The molecule has 0 bridgehead atoms. The second kappa shape index (κ2) is 6.49. The summed E-state index contributed by atoms with van der Waals surface area (Å²) in [7, 11) is 4.04.